The zero-order chi connectivity index (χ0) is 20.2. The number of carbonyl (C=O) groups is 1. The van der Waals surface area contributed by atoms with Crippen LogP contribution in [-0.2, 0) is 11.3 Å². The highest BCUT2D eigenvalue weighted by Crippen LogP contribution is 2.28. The lowest BCUT2D eigenvalue weighted by Crippen LogP contribution is -2.37. The lowest BCUT2D eigenvalue weighted by Gasteiger charge is -2.13. The smallest absolute Gasteiger partial charge is 0.238 e. The predicted molar refractivity (Wildman–Crippen MR) is 133 cm³/mol. The summed E-state index contributed by atoms with van der Waals surface area (Å²) in [6.07, 6.45) is 8.17. The van der Waals surface area contributed by atoms with E-state index in [4.69, 9.17) is 4.99 Å². The molecule has 29 heavy (non-hydrogen) atoms. The predicted octanol–water partition coefficient (Wildman–Crippen LogP) is 3.83. The molecule has 1 fully saturated rings. The number of likely N-dealkylation sites (N-methyl/N-ethyl adjacent to an activating group) is 1. The number of carbonyl (C=O) groups excluding carboxylic acids is 1. The second-order valence-corrected chi connectivity index (χ2v) is 7.90. The van der Waals surface area contributed by atoms with Gasteiger partial charge in [0.25, 0.3) is 0 Å². The molecule has 1 aromatic carbocycles. The molecule has 0 aliphatic heterocycles. The maximum Gasteiger partial charge on any atom is 0.238 e. The van der Waals surface area contributed by atoms with Crippen LogP contribution in [0.4, 0.5) is 5.69 Å². The van der Waals surface area contributed by atoms with E-state index in [9.17, 15) is 4.79 Å². The standard InChI is InChI=1S/C22H37N5O.HI/c1-4-23-22(24-14-8-12-18-9-5-6-10-18)25-16-19-11-7-13-20(15-19)26-21(28)17-27(2)3;/h7,11,13,15,18H,4-6,8-10,12,14,16-17H2,1-3H3,(H,26,28)(H2,23,24,25);1H. The molecule has 0 bridgehead atoms. The Labute approximate surface area is 193 Å². The van der Waals surface area contributed by atoms with Crippen LogP contribution in [0.15, 0.2) is 29.3 Å². The average molecular weight is 515 g/mol. The molecule has 1 amide bonds. The lowest BCUT2D eigenvalue weighted by atomic mass is 10.0. The summed E-state index contributed by atoms with van der Waals surface area (Å²) < 4.78 is 0. The first-order valence-corrected chi connectivity index (χ1v) is 10.6. The van der Waals surface area contributed by atoms with E-state index in [-0.39, 0.29) is 29.9 Å². The van der Waals surface area contributed by atoms with Crippen LogP contribution < -0.4 is 16.0 Å². The zero-order valence-corrected chi connectivity index (χ0v) is 20.5. The third-order valence-corrected chi connectivity index (χ3v) is 4.99. The van der Waals surface area contributed by atoms with Gasteiger partial charge < -0.3 is 20.9 Å². The summed E-state index contributed by atoms with van der Waals surface area (Å²) in [5, 5.41) is 9.69. The van der Waals surface area contributed by atoms with Crippen molar-refractivity contribution in [3.63, 3.8) is 0 Å². The minimum atomic E-state index is -0.0112. The molecule has 0 aromatic heterocycles. The maximum atomic E-state index is 11.9. The summed E-state index contributed by atoms with van der Waals surface area (Å²) in [5.74, 6) is 1.78. The maximum absolute atomic E-state index is 11.9. The van der Waals surface area contributed by atoms with Gasteiger partial charge in [0.15, 0.2) is 5.96 Å². The van der Waals surface area contributed by atoms with Crippen molar-refractivity contribution in [1.82, 2.24) is 15.5 Å². The third-order valence-electron chi connectivity index (χ3n) is 4.99. The third kappa shape index (κ3) is 10.8. The summed E-state index contributed by atoms with van der Waals surface area (Å²) in [7, 11) is 3.77. The molecule has 1 aliphatic carbocycles. The van der Waals surface area contributed by atoms with Crippen LogP contribution in [0.3, 0.4) is 0 Å². The van der Waals surface area contributed by atoms with Gasteiger partial charge in [-0.15, -0.1) is 24.0 Å². The quantitative estimate of drug-likeness (QED) is 0.192. The Bertz CT molecular complexity index is 629. The van der Waals surface area contributed by atoms with Crippen molar-refractivity contribution in [2.24, 2.45) is 10.9 Å². The molecule has 0 saturated heterocycles. The number of guanidine groups is 1. The van der Waals surface area contributed by atoms with Crippen LogP contribution in [0.1, 0.15) is 51.0 Å². The van der Waals surface area contributed by atoms with Gasteiger partial charge in [-0.05, 0) is 57.5 Å². The Morgan fingerprint density at radius 3 is 2.66 bits per heavy atom. The Morgan fingerprint density at radius 2 is 1.97 bits per heavy atom. The van der Waals surface area contributed by atoms with Gasteiger partial charge in [0.2, 0.25) is 5.91 Å². The van der Waals surface area contributed by atoms with Crippen LogP contribution in [0.2, 0.25) is 0 Å². The van der Waals surface area contributed by atoms with Crippen LogP contribution in [0, 0.1) is 5.92 Å². The fraction of sp³-hybridized carbons (Fsp3) is 0.636. The van der Waals surface area contributed by atoms with Crippen molar-refractivity contribution in [1.29, 1.82) is 0 Å². The molecule has 6 nitrogen and oxygen atoms in total. The van der Waals surface area contributed by atoms with Gasteiger partial charge in [0.05, 0.1) is 13.1 Å². The number of halogens is 1. The minimum Gasteiger partial charge on any atom is -0.357 e. The van der Waals surface area contributed by atoms with Gasteiger partial charge in [-0.1, -0.05) is 37.8 Å². The van der Waals surface area contributed by atoms with E-state index in [1.165, 1.54) is 38.5 Å². The molecule has 0 unspecified atom stereocenters. The number of nitrogens with one attached hydrogen (secondary N) is 3. The molecular weight excluding hydrogens is 477 g/mol. The Morgan fingerprint density at radius 1 is 1.21 bits per heavy atom. The molecule has 0 heterocycles. The Hall–Kier alpha value is -1.35. The molecule has 3 N–H and O–H groups in total. The van der Waals surface area contributed by atoms with Gasteiger partial charge in [0.1, 0.15) is 0 Å². The molecule has 1 aliphatic rings. The fourth-order valence-electron chi connectivity index (χ4n) is 3.64. The van der Waals surface area contributed by atoms with E-state index >= 15 is 0 Å². The molecule has 0 radical (unpaired) electrons. The highest BCUT2D eigenvalue weighted by atomic mass is 127. The highest BCUT2D eigenvalue weighted by Gasteiger charge is 2.14. The number of aliphatic imine (C=N–C) groups is 1. The summed E-state index contributed by atoms with van der Waals surface area (Å²) in [6.45, 7) is 4.84. The van der Waals surface area contributed by atoms with Gasteiger partial charge in [-0.3, -0.25) is 4.79 Å². The van der Waals surface area contributed by atoms with Crippen molar-refractivity contribution in [2.45, 2.75) is 52.0 Å². The molecule has 2 rings (SSSR count). The van der Waals surface area contributed by atoms with E-state index in [2.05, 4.69) is 22.9 Å². The second kappa shape index (κ2) is 14.6. The first-order valence-electron chi connectivity index (χ1n) is 10.6. The van der Waals surface area contributed by atoms with E-state index < -0.39 is 0 Å². The van der Waals surface area contributed by atoms with Crippen LogP contribution in [0.25, 0.3) is 0 Å². The number of hydrogen-bond donors (Lipinski definition) is 3. The van der Waals surface area contributed by atoms with Crippen molar-refractivity contribution < 1.29 is 4.79 Å². The molecule has 164 valence electrons. The number of amides is 1. The van der Waals surface area contributed by atoms with Crippen molar-refractivity contribution >= 4 is 41.5 Å². The number of hydrogen-bond acceptors (Lipinski definition) is 3. The molecule has 7 heteroatoms. The van der Waals surface area contributed by atoms with Crippen molar-refractivity contribution in [3.05, 3.63) is 29.8 Å². The number of rotatable bonds is 10. The molecule has 0 atom stereocenters. The molecule has 0 spiro atoms. The van der Waals surface area contributed by atoms with E-state index in [1.807, 2.05) is 43.3 Å². The van der Waals surface area contributed by atoms with Gasteiger partial charge in [-0.2, -0.15) is 0 Å². The van der Waals surface area contributed by atoms with Gasteiger partial charge in [-0.25, -0.2) is 4.99 Å². The summed E-state index contributed by atoms with van der Waals surface area (Å²) in [4.78, 5) is 18.5. The summed E-state index contributed by atoms with van der Waals surface area (Å²) in [5.41, 5.74) is 1.89. The second-order valence-electron chi connectivity index (χ2n) is 7.90. The van der Waals surface area contributed by atoms with Gasteiger partial charge in [0, 0.05) is 18.8 Å². The Kier molecular flexibility index (Phi) is 12.9. The fourth-order valence-corrected chi connectivity index (χ4v) is 3.64. The lowest BCUT2D eigenvalue weighted by molar-refractivity contribution is -0.116. The summed E-state index contributed by atoms with van der Waals surface area (Å²) >= 11 is 0. The Balaban J connectivity index is 0.00000420. The molecule has 1 saturated carbocycles. The SMILES string of the molecule is CCNC(=NCc1cccc(NC(=O)CN(C)C)c1)NCCCC1CCCC1.I. The zero-order valence-electron chi connectivity index (χ0n) is 18.2. The monoisotopic (exact) mass is 515 g/mol. The normalized spacial score (nSPS) is 14.6. The number of benzene rings is 1. The molecule has 1 aromatic rings. The van der Waals surface area contributed by atoms with E-state index in [0.29, 0.717) is 13.1 Å². The topological polar surface area (TPSA) is 68.8 Å². The first kappa shape index (κ1) is 25.7. The largest absolute Gasteiger partial charge is 0.357 e. The van der Waals surface area contributed by atoms with Crippen molar-refractivity contribution in [3.8, 4) is 0 Å². The number of nitrogens with zero attached hydrogens (tertiary/aromatic N) is 2. The highest BCUT2D eigenvalue weighted by molar-refractivity contribution is 14.0. The average Bonchev–Trinajstić information content (AvgIpc) is 3.16. The van der Waals surface area contributed by atoms with E-state index in [1.54, 1.807) is 0 Å². The first-order chi connectivity index (χ1) is 13.6. The van der Waals surface area contributed by atoms with Crippen LogP contribution in [-0.4, -0.2) is 50.5 Å². The van der Waals surface area contributed by atoms with Crippen LogP contribution >= 0.6 is 24.0 Å². The van der Waals surface area contributed by atoms with Crippen molar-refractivity contribution in [2.75, 3.05) is 39.0 Å². The summed E-state index contributed by atoms with van der Waals surface area (Å²) in [6, 6.07) is 7.89. The van der Waals surface area contributed by atoms with E-state index in [0.717, 1.165) is 36.2 Å². The number of anilines is 1. The minimum absolute atomic E-state index is 0. The molecular formula is C22H38IN5O. The van der Waals surface area contributed by atoms with Crippen LogP contribution in [0.5, 0.6) is 0 Å². The van der Waals surface area contributed by atoms with Gasteiger partial charge >= 0.3 is 0 Å².